The molecule has 0 aliphatic carbocycles. The molecule has 0 atom stereocenters. The maximum Gasteiger partial charge on any atom is 0.276 e. The average molecular weight is 532 g/mol. The molecule has 4 aromatic rings. The van der Waals surface area contributed by atoms with Crippen LogP contribution in [0.5, 0.6) is 0 Å². The number of rotatable bonds is 5. The highest BCUT2D eigenvalue weighted by molar-refractivity contribution is 7.89. The van der Waals surface area contributed by atoms with Crippen LogP contribution in [0.1, 0.15) is 57.8 Å². The molecule has 0 spiro atoms. The monoisotopic (exact) mass is 531 g/mol. The number of nitrogens with zero attached hydrogens (tertiary/aromatic N) is 4. The van der Waals surface area contributed by atoms with Gasteiger partial charge in [-0.15, -0.1) is 0 Å². The SMILES string of the molecule is Cc1cc(C)n2nc(C(=O)Nc3c(C)cccc3C)c(-c3ccc(C)c(S(=O)(=O)N4CCCCC4)c3)c2n1. The van der Waals surface area contributed by atoms with Gasteiger partial charge in [0.15, 0.2) is 11.3 Å². The summed E-state index contributed by atoms with van der Waals surface area (Å²) in [4.78, 5) is 18.7. The number of sulfonamides is 1. The van der Waals surface area contributed by atoms with Crippen LogP contribution in [0.15, 0.2) is 47.4 Å². The molecule has 1 saturated heterocycles. The fourth-order valence-corrected chi connectivity index (χ4v) is 6.98. The molecule has 0 bridgehead atoms. The lowest BCUT2D eigenvalue weighted by molar-refractivity contribution is 0.102. The van der Waals surface area contributed by atoms with Crippen LogP contribution in [0, 0.1) is 34.6 Å². The van der Waals surface area contributed by atoms with Crippen LogP contribution in [-0.2, 0) is 10.0 Å². The lowest BCUT2D eigenvalue weighted by Gasteiger charge is -2.26. The van der Waals surface area contributed by atoms with E-state index in [-0.39, 0.29) is 16.5 Å². The van der Waals surface area contributed by atoms with Crippen molar-refractivity contribution >= 4 is 27.3 Å². The number of hydrogen-bond donors (Lipinski definition) is 1. The Morgan fingerprint density at radius 2 is 1.58 bits per heavy atom. The van der Waals surface area contributed by atoms with Crippen LogP contribution in [-0.4, -0.2) is 46.3 Å². The van der Waals surface area contributed by atoms with Gasteiger partial charge in [0.2, 0.25) is 10.0 Å². The molecule has 198 valence electrons. The van der Waals surface area contributed by atoms with Gasteiger partial charge in [0.1, 0.15) is 0 Å². The van der Waals surface area contributed by atoms with E-state index in [4.69, 9.17) is 4.98 Å². The highest BCUT2D eigenvalue weighted by Crippen LogP contribution is 2.34. The van der Waals surface area contributed by atoms with E-state index >= 15 is 0 Å². The molecule has 0 unspecified atom stereocenters. The number of amides is 1. The lowest BCUT2D eigenvalue weighted by atomic mass is 10.0. The zero-order chi connectivity index (χ0) is 27.2. The minimum absolute atomic E-state index is 0.194. The molecule has 38 heavy (non-hydrogen) atoms. The number of piperidine rings is 1. The van der Waals surface area contributed by atoms with Crippen LogP contribution in [0.4, 0.5) is 5.69 Å². The minimum Gasteiger partial charge on any atom is -0.320 e. The van der Waals surface area contributed by atoms with E-state index in [1.54, 1.807) is 27.9 Å². The summed E-state index contributed by atoms with van der Waals surface area (Å²) >= 11 is 0. The Morgan fingerprint density at radius 1 is 0.895 bits per heavy atom. The van der Waals surface area contributed by atoms with Gasteiger partial charge in [0.25, 0.3) is 5.91 Å². The fourth-order valence-electron chi connectivity index (χ4n) is 5.21. The smallest absolute Gasteiger partial charge is 0.276 e. The standard InChI is InChI=1S/C29H33N5O3S/c1-18-12-13-23(17-24(18)38(36,37)33-14-7-6-8-15-33)25-27(32-34-22(5)16-21(4)30-28(25)34)29(35)31-26-19(2)10-9-11-20(26)3/h9-13,16-17H,6-8,14-15H2,1-5H3,(H,31,35). The number of aromatic nitrogens is 3. The number of nitrogens with one attached hydrogen (secondary N) is 1. The summed E-state index contributed by atoms with van der Waals surface area (Å²) < 4.78 is 30.5. The summed E-state index contributed by atoms with van der Waals surface area (Å²) in [6, 6.07) is 13.1. The molecule has 5 rings (SSSR count). The molecule has 0 radical (unpaired) electrons. The third-order valence-electron chi connectivity index (χ3n) is 7.24. The zero-order valence-corrected chi connectivity index (χ0v) is 23.3. The van der Waals surface area contributed by atoms with E-state index in [1.807, 2.05) is 58.0 Å². The van der Waals surface area contributed by atoms with E-state index in [0.29, 0.717) is 35.4 Å². The van der Waals surface area contributed by atoms with E-state index < -0.39 is 10.0 Å². The molecular formula is C29H33N5O3S. The summed E-state index contributed by atoms with van der Waals surface area (Å²) in [6.45, 7) is 10.5. The number of para-hydroxylation sites is 1. The molecule has 0 saturated carbocycles. The first-order chi connectivity index (χ1) is 18.1. The second kappa shape index (κ2) is 9.96. The molecule has 1 aliphatic heterocycles. The Hall–Kier alpha value is -3.56. The number of aryl methyl sites for hydroxylation is 5. The van der Waals surface area contributed by atoms with Crippen molar-refractivity contribution in [2.45, 2.75) is 58.8 Å². The van der Waals surface area contributed by atoms with Gasteiger partial charge in [-0.1, -0.05) is 36.8 Å². The predicted molar refractivity (Wildman–Crippen MR) is 149 cm³/mol. The molecule has 1 N–H and O–H groups in total. The highest BCUT2D eigenvalue weighted by atomic mass is 32.2. The van der Waals surface area contributed by atoms with Crippen molar-refractivity contribution in [2.75, 3.05) is 18.4 Å². The molecular weight excluding hydrogens is 498 g/mol. The van der Waals surface area contributed by atoms with Crippen molar-refractivity contribution in [3.05, 3.63) is 76.2 Å². The molecule has 3 heterocycles. The van der Waals surface area contributed by atoms with Crippen molar-refractivity contribution in [1.29, 1.82) is 0 Å². The van der Waals surface area contributed by atoms with Gasteiger partial charge in [-0.05, 0) is 81.8 Å². The van der Waals surface area contributed by atoms with Crippen LogP contribution in [0.25, 0.3) is 16.8 Å². The molecule has 9 heteroatoms. The molecule has 1 fully saturated rings. The first-order valence-corrected chi connectivity index (χ1v) is 14.4. The topological polar surface area (TPSA) is 96.7 Å². The van der Waals surface area contributed by atoms with Crippen molar-refractivity contribution in [1.82, 2.24) is 18.9 Å². The Morgan fingerprint density at radius 3 is 2.26 bits per heavy atom. The number of carbonyl (C=O) groups excluding carboxylic acids is 1. The molecule has 1 aliphatic rings. The van der Waals surface area contributed by atoms with Crippen LogP contribution >= 0.6 is 0 Å². The first kappa shape index (κ1) is 26.1. The average Bonchev–Trinajstić information content (AvgIpc) is 3.27. The molecule has 2 aromatic carbocycles. The summed E-state index contributed by atoms with van der Waals surface area (Å²) in [5.74, 6) is -0.374. The fraction of sp³-hybridized carbons (Fsp3) is 0.345. The summed E-state index contributed by atoms with van der Waals surface area (Å²) in [6.07, 6.45) is 2.75. The van der Waals surface area contributed by atoms with Crippen LogP contribution < -0.4 is 5.32 Å². The second-order valence-electron chi connectivity index (χ2n) is 10.2. The van der Waals surface area contributed by atoms with Gasteiger partial charge in [0.05, 0.1) is 10.5 Å². The van der Waals surface area contributed by atoms with E-state index in [0.717, 1.165) is 47.5 Å². The zero-order valence-electron chi connectivity index (χ0n) is 22.5. The lowest BCUT2D eigenvalue weighted by Crippen LogP contribution is -2.35. The van der Waals surface area contributed by atoms with Crippen molar-refractivity contribution in [2.24, 2.45) is 0 Å². The number of benzene rings is 2. The maximum atomic E-state index is 13.7. The van der Waals surface area contributed by atoms with Gasteiger partial charge in [-0.25, -0.2) is 17.9 Å². The summed E-state index contributed by atoms with van der Waals surface area (Å²) in [5.41, 5.74) is 6.70. The van der Waals surface area contributed by atoms with Crippen molar-refractivity contribution < 1.29 is 13.2 Å². The van der Waals surface area contributed by atoms with Crippen LogP contribution in [0.2, 0.25) is 0 Å². The molecule has 8 nitrogen and oxygen atoms in total. The highest BCUT2D eigenvalue weighted by Gasteiger charge is 2.30. The minimum atomic E-state index is -3.68. The Bertz CT molecular complexity index is 1650. The third-order valence-corrected chi connectivity index (χ3v) is 9.28. The maximum absolute atomic E-state index is 13.7. The predicted octanol–water partition coefficient (Wildman–Crippen LogP) is 5.37. The van der Waals surface area contributed by atoms with E-state index in [1.165, 1.54) is 0 Å². The Kier molecular flexibility index (Phi) is 6.83. The summed E-state index contributed by atoms with van der Waals surface area (Å²) in [7, 11) is -3.68. The van der Waals surface area contributed by atoms with Gasteiger partial charge in [0, 0.05) is 30.2 Å². The normalized spacial score (nSPS) is 14.7. The van der Waals surface area contributed by atoms with Gasteiger partial charge < -0.3 is 5.32 Å². The van der Waals surface area contributed by atoms with Crippen molar-refractivity contribution in [3.8, 4) is 11.1 Å². The number of fused-ring (bicyclic) bond motifs is 1. The van der Waals surface area contributed by atoms with E-state index in [2.05, 4.69) is 10.4 Å². The third kappa shape index (κ3) is 4.61. The van der Waals surface area contributed by atoms with Gasteiger partial charge in [-0.3, -0.25) is 4.79 Å². The number of carbonyl (C=O) groups is 1. The largest absolute Gasteiger partial charge is 0.320 e. The number of hydrogen-bond acceptors (Lipinski definition) is 5. The van der Waals surface area contributed by atoms with Crippen LogP contribution in [0.3, 0.4) is 0 Å². The second-order valence-corrected chi connectivity index (χ2v) is 12.1. The first-order valence-electron chi connectivity index (χ1n) is 12.9. The van der Waals surface area contributed by atoms with Gasteiger partial charge >= 0.3 is 0 Å². The summed E-state index contributed by atoms with van der Waals surface area (Å²) in [5, 5.41) is 7.71. The van der Waals surface area contributed by atoms with Gasteiger partial charge in [-0.2, -0.15) is 9.40 Å². The Labute approximate surface area is 223 Å². The molecule has 2 aromatic heterocycles. The van der Waals surface area contributed by atoms with Crippen molar-refractivity contribution in [3.63, 3.8) is 0 Å². The quantitative estimate of drug-likeness (QED) is 0.374. The molecule has 1 amide bonds. The number of anilines is 1. The van der Waals surface area contributed by atoms with E-state index in [9.17, 15) is 13.2 Å². The Balaban J connectivity index is 1.69.